The fourth-order valence-corrected chi connectivity index (χ4v) is 4.48. The van der Waals surface area contributed by atoms with Gasteiger partial charge in [0.2, 0.25) is 0 Å². The quantitative estimate of drug-likeness (QED) is 0.581. The number of pyridine rings is 2. The van der Waals surface area contributed by atoms with Gasteiger partial charge in [-0.25, -0.2) is 9.37 Å². The molecule has 2 fully saturated rings. The number of rotatable bonds is 5. The SMILES string of the molecule is CC1OC2(CCN(CCc3cccc(C(F)(F)F)n3)CC2)CN(Cc2ccc(F)cn2)C1=O.Cl. The van der Waals surface area contributed by atoms with Gasteiger partial charge >= 0.3 is 6.18 Å². The number of ether oxygens (including phenoxy) is 1. The van der Waals surface area contributed by atoms with Crippen LogP contribution in [0.15, 0.2) is 36.5 Å². The Labute approximate surface area is 201 Å². The smallest absolute Gasteiger partial charge is 0.360 e. The van der Waals surface area contributed by atoms with E-state index in [1.807, 2.05) is 0 Å². The van der Waals surface area contributed by atoms with Crippen LogP contribution in [0, 0.1) is 5.82 Å². The maximum Gasteiger partial charge on any atom is 0.433 e. The Morgan fingerprint density at radius 2 is 1.88 bits per heavy atom. The number of aromatic nitrogens is 2. The van der Waals surface area contributed by atoms with Crippen LogP contribution in [0.2, 0.25) is 0 Å². The van der Waals surface area contributed by atoms with Crippen LogP contribution in [0.25, 0.3) is 0 Å². The molecular weight excluding hydrogens is 476 g/mol. The summed E-state index contributed by atoms with van der Waals surface area (Å²) in [6.45, 7) is 4.48. The Morgan fingerprint density at radius 1 is 1.15 bits per heavy atom. The van der Waals surface area contributed by atoms with Crippen molar-refractivity contribution >= 4 is 18.3 Å². The first-order chi connectivity index (χ1) is 15.6. The fraction of sp³-hybridized carbons (Fsp3) is 0.522. The van der Waals surface area contributed by atoms with Crippen molar-refractivity contribution in [2.45, 2.75) is 50.6 Å². The first-order valence-corrected chi connectivity index (χ1v) is 11.0. The molecule has 0 saturated carbocycles. The van der Waals surface area contributed by atoms with Gasteiger partial charge in [0.25, 0.3) is 5.91 Å². The topological polar surface area (TPSA) is 58.6 Å². The molecule has 4 rings (SSSR count). The van der Waals surface area contributed by atoms with Crippen molar-refractivity contribution in [1.82, 2.24) is 19.8 Å². The highest BCUT2D eigenvalue weighted by Gasteiger charge is 2.45. The Bertz CT molecular complexity index is 982. The molecule has 186 valence electrons. The summed E-state index contributed by atoms with van der Waals surface area (Å²) in [5.41, 5.74) is -0.322. The van der Waals surface area contributed by atoms with Gasteiger partial charge in [0.15, 0.2) is 0 Å². The van der Waals surface area contributed by atoms with E-state index in [1.54, 1.807) is 24.0 Å². The van der Waals surface area contributed by atoms with E-state index in [0.717, 1.165) is 12.3 Å². The number of nitrogens with zero attached hydrogens (tertiary/aromatic N) is 4. The number of halogens is 5. The number of amides is 1. The predicted molar refractivity (Wildman–Crippen MR) is 119 cm³/mol. The zero-order valence-corrected chi connectivity index (χ0v) is 19.5. The van der Waals surface area contributed by atoms with E-state index in [-0.39, 0.29) is 18.3 Å². The highest BCUT2D eigenvalue weighted by molar-refractivity contribution is 5.85. The van der Waals surface area contributed by atoms with Gasteiger partial charge in [-0.1, -0.05) is 6.07 Å². The van der Waals surface area contributed by atoms with Gasteiger partial charge < -0.3 is 14.5 Å². The van der Waals surface area contributed by atoms with Crippen LogP contribution >= 0.6 is 12.4 Å². The largest absolute Gasteiger partial charge is 0.433 e. The number of hydrogen-bond donors (Lipinski definition) is 0. The van der Waals surface area contributed by atoms with Gasteiger partial charge in [-0.15, -0.1) is 12.4 Å². The third-order valence-electron chi connectivity index (χ3n) is 6.26. The van der Waals surface area contributed by atoms with E-state index < -0.39 is 29.4 Å². The normalized spacial score (nSPS) is 20.9. The zero-order chi connectivity index (χ0) is 23.6. The highest BCUT2D eigenvalue weighted by atomic mass is 35.5. The van der Waals surface area contributed by atoms with Crippen molar-refractivity contribution < 1.29 is 27.1 Å². The first kappa shape index (κ1) is 26.3. The molecule has 1 atom stereocenters. The van der Waals surface area contributed by atoms with Crippen LogP contribution in [0.5, 0.6) is 0 Å². The van der Waals surface area contributed by atoms with Gasteiger partial charge in [0, 0.05) is 31.7 Å². The molecule has 2 aromatic heterocycles. The Morgan fingerprint density at radius 3 is 2.53 bits per heavy atom. The van der Waals surface area contributed by atoms with Crippen molar-refractivity contribution in [3.8, 4) is 0 Å². The number of alkyl halides is 3. The molecule has 1 spiro atoms. The summed E-state index contributed by atoms with van der Waals surface area (Å²) in [4.78, 5) is 24.3. The van der Waals surface area contributed by atoms with Crippen molar-refractivity contribution in [2.75, 3.05) is 26.2 Å². The second-order valence-electron chi connectivity index (χ2n) is 8.71. The number of likely N-dealkylation sites (tertiary alicyclic amines) is 1. The predicted octanol–water partition coefficient (Wildman–Crippen LogP) is 3.88. The molecular formula is C23H27ClF4N4O2. The zero-order valence-electron chi connectivity index (χ0n) is 18.7. The molecule has 34 heavy (non-hydrogen) atoms. The van der Waals surface area contributed by atoms with E-state index >= 15 is 0 Å². The summed E-state index contributed by atoms with van der Waals surface area (Å²) >= 11 is 0. The van der Waals surface area contributed by atoms with Gasteiger partial charge in [-0.05, 0) is 44.0 Å². The van der Waals surface area contributed by atoms with E-state index in [9.17, 15) is 22.4 Å². The van der Waals surface area contributed by atoms with E-state index in [1.165, 1.54) is 12.1 Å². The lowest BCUT2D eigenvalue weighted by Gasteiger charge is -2.49. The molecule has 0 radical (unpaired) electrons. The number of carbonyl (C=O) groups is 1. The third-order valence-corrected chi connectivity index (χ3v) is 6.26. The molecule has 0 N–H and O–H groups in total. The van der Waals surface area contributed by atoms with E-state index in [0.29, 0.717) is 63.4 Å². The van der Waals surface area contributed by atoms with Crippen molar-refractivity contribution in [3.63, 3.8) is 0 Å². The van der Waals surface area contributed by atoms with Crippen LogP contribution < -0.4 is 0 Å². The number of carbonyl (C=O) groups excluding carboxylic acids is 1. The van der Waals surface area contributed by atoms with Gasteiger partial charge in [-0.2, -0.15) is 13.2 Å². The molecule has 6 nitrogen and oxygen atoms in total. The first-order valence-electron chi connectivity index (χ1n) is 11.0. The standard InChI is InChI=1S/C23H26F4N4O2.ClH/c1-16-21(32)31(14-19-6-5-17(24)13-28-19)15-22(33-16)8-11-30(12-9-22)10-7-18-3-2-4-20(29-18)23(25,26)27;/h2-6,13,16H,7-12,14-15H2,1H3;1H. The number of morpholine rings is 1. The van der Waals surface area contributed by atoms with Crippen LogP contribution in [-0.2, 0) is 28.7 Å². The van der Waals surface area contributed by atoms with Crippen LogP contribution in [0.3, 0.4) is 0 Å². The minimum Gasteiger partial charge on any atom is -0.360 e. The van der Waals surface area contributed by atoms with Crippen molar-refractivity contribution in [3.05, 3.63) is 59.4 Å². The summed E-state index contributed by atoms with van der Waals surface area (Å²) in [5.74, 6) is -0.547. The van der Waals surface area contributed by atoms with Gasteiger partial charge in [-0.3, -0.25) is 9.78 Å². The third kappa shape index (κ3) is 6.22. The molecule has 1 unspecified atom stereocenters. The summed E-state index contributed by atoms with van der Waals surface area (Å²) in [5, 5.41) is 0. The van der Waals surface area contributed by atoms with Crippen LogP contribution in [-0.4, -0.2) is 63.6 Å². The molecule has 0 aromatic carbocycles. The lowest BCUT2D eigenvalue weighted by atomic mass is 9.88. The molecule has 2 aromatic rings. The number of hydrogen-bond acceptors (Lipinski definition) is 5. The van der Waals surface area contributed by atoms with Crippen molar-refractivity contribution in [2.24, 2.45) is 0 Å². The Balaban J connectivity index is 0.00000324. The van der Waals surface area contributed by atoms with E-state index in [4.69, 9.17) is 4.74 Å². The second-order valence-corrected chi connectivity index (χ2v) is 8.71. The van der Waals surface area contributed by atoms with Gasteiger partial charge in [0.05, 0.1) is 30.6 Å². The molecule has 2 saturated heterocycles. The fourth-order valence-electron chi connectivity index (χ4n) is 4.48. The average molecular weight is 503 g/mol. The monoisotopic (exact) mass is 502 g/mol. The van der Waals surface area contributed by atoms with Gasteiger partial charge in [0.1, 0.15) is 17.6 Å². The summed E-state index contributed by atoms with van der Waals surface area (Å²) in [6.07, 6.45) is -2.07. The molecule has 11 heteroatoms. The molecule has 0 aliphatic carbocycles. The maximum absolute atomic E-state index is 13.1. The Kier molecular flexibility index (Phi) is 8.15. The molecule has 2 aliphatic heterocycles. The highest BCUT2D eigenvalue weighted by Crippen LogP contribution is 2.33. The minimum atomic E-state index is -4.45. The van der Waals surface area contributed by atoms with Crippen molar-refractivity contribution in [1.29, 1.82) is 0 Å². The molecule has 4 heterocycles. The Hall–Kier alpha value is -2.30. The van der Waals surface area contributed by atoms with Crippen LogP contribution in [0.4, 0.5) is 17.6 Å². The summed E-state index contributed by atoms with van der Waals surface area (Å²) in [7, 11) is 0. The second kappa shape index (κ2) is 10.5. The lowest BCUT2D eigenvalue weighted by molar-refractivity contribution is -0.190. The summed E-state index contributed by atoms with van der Waals surface area (Å²) < 4.78 is 57.9. The minimum absolute atomic E-state index is 0. The van der Waals surface area contributed by atoms with Crippen LogP contribution in [0.1, 0.15) is 36.8 Å². The molecule has 1 amide bonds. The van der Waals surface area contributed by atoms with E-state index in [2.05, 4.69) is 14.9 Å². The molecule has 0 bridgehead atoms. The maximum atomic E-state index is 13.1. The number of piperidine rings is 1. The summed E-state index contributed by atoms with van der Waals surface area (Å²) in [6, 6.07) is 6.86. The average Bonchev–Trinajstić information content (AvgIpc) is 2.78. The molecule has 2 aliphatic rings. The lowest BCUT2D eigenvalue weighted by Crippen LogP contribution is -2.61.